The predicted octanol–water partition coefficient (Wildman–Crippen LogP) is 6.21. The molecule has 0 bridgehead atoms. The van der Waals surface area contributed by atoms with Crippen molar-refractivity contribution in [2.45, 2.75) is 6.92 Å². The number of aryl methyl sites for hydroxylation is 1. The van der Waals surface area contributed by atoms with Crippen LogP contribution >= 0.6 is 50.5 Å². The van der Waals surface area contributed by atoms with E-state index in [1.54, 1.807) is 18.2 Å². The molecule has 0 spiro atoms. The normalized spacial score (nSPS) is 10.6. The topological polar surface area (TPSA) is 51.2 Å². The van der Waals surface area contributed by atoms with Crippen LogP contribution in [0.15, 0.2) is 46.9 Å². The summed E-state index contributed by atoms with van der Waals surface area (Å²) in [6, 6.07) is 12.7. The molecular formula is C18H13BrCl2N2O2S. The van der Waals surface area contributed by atoms with Crippen LogP contribution in [0.5, 0.6) is 5.75 Å². The van der Waals surface area contributed by atoms with Crippen LogP contribution in [0, 0.1) is 6.92 Å². The van der Waals surface area contributed by atoms with Gasteiger partial charge >= 0.3 is 0 Å². The van der Waals surface area contributed by atoms with Crippen LogP contribution in [-0.2, 0) is 4.79 Å². The average Bonchev–Trinajstić information content (AvgIpc) is 2.95. The molecule has 0 aliphatic heterocycles. The molecule has 1 heterocycles. The van der Waals surface area contributed by atoms with Gasteiger partial charge in [0.15, 0.2) is 11.7 Å². The summed E-state index contributed by atoms with van der Waals surface area (Å²) in [5.41, 5.74) is 1.84. The van der Waals surface area contributed by atoms with Gasteiger partial charge in [0, 0.05) is 19.9 Å². The molecule has 134 valence electrons. The zero-order valence-electron chi connectivity index (χ0n) is 13.6. The number of carbonyl (C=O) groups excluding carboxylic acids is 1. The largest absolute Gasteiger partial charge is 0.482 e. The molecular weight excluding hydrogens is 459 g/mol. The lowest BCUT2D eigenvalue weighted by molar-refractivity contribution is -0.118. The van der Waals surface area contributed by atoms with Crippen molar-refractivity contribution in [2.24, 2.45) is 0 Å². The number of nitrogens with zero attached hydrogens (tertiary/aromatic N) is 1. The van der Waals surface area contributed by atoms with Gasteiger partial charge in [-0.1, -0.05) is 51.3 Å². The highest BCUT2D eigenvalue weighted by atomic mass is 79.9. The van der Waals surface area contributed by atoms with Crippen molar-refractivity contribution in [1.29, 1.82) is 0 Å². The lowest BCUT2D eigenvalue weighted by Crippen LogP contribution is -2.20. The number of anilines is 1. The molecule has 1 amide bonds. The average molecular weight is 472 g/mol. The van der Waals surface area contributed by atoms with Crippen molar-refractivity contribution < 1.29 is 9.53 Å². The van der Waals surface area contributed by atoms with E-state index in [0.717, 1.165) is 20.6 Å². The Labute approximate surface area is 173 Å². The first-order valence-corrected chi connectivity index (χ1v) is 9.90. The van der Waals surface area contributed by atoms with Gasteiger partial charge in [-0.3, -0.25) is 10.1 Å². The molecule has 26 heavy (non-hydrogen) atoms. The summed E-state index contributed by atoms with van der Waals surface area (Å²) in [6.07, 6.45) is 0. The first-order valence-electron chi connectivity index (χ1n) is 7.53. The maximum absolute atomic E-state index is 12.1. The maximum Gasteiger partial charge on any atom is 0.264 e. The molecule has 1 N–H and O–H groups in total. The fourth-order valence-corrected chi connectivity index (χ4v) is 3.80. The third kappa shape index (κ3) is 4.76. The van der Waals surface area contributed by atoms with Crippen LogP contribution in [0.2, 0.25) is 10.0 Å². The monoisotopic (exact) mass is 470 g/mol. The molecule has 0 aliphatic carbocycles. The SMILES string of the molecule is Cc1sc(NC(=O)COc2ccc(Cl)cc2Cl)nc1-c1ccc(Br)cc1. The lowest BCUT2D eigenvalue weighted by Gasteiger charge is -2.07. The number of hydrogen-bond acceptors (Lipinski definition) is 4. The first kappa shape index (κ1) is 19.2. The summed E-state index contributed by atoms with van der Waals surface area (Å²) in [6.45, 7) is 1.79. The Balaban J connectivity index is 1.64. The number of rotatable bonds is 5. The first-order chi connectivity index (χ1) is 12.4. The summed E-state index contributed by atoms with van der Waals surface area (Å²) >= 11 is 16.7. The second kappa shape index (κ2) is 8.39. The molecule has 0 unspecified atom stereocenters. The number of halogens is 3. The summed E-state index contributed by atoms with van der Waals surface area (Å²) in [5.74, 6) is 0.0872. The number of thiazole rings is 1. The van der Waals surface area contributed by atoms with Gasteiger partial charge in [-0.2, -0.15) is 0 Å². The van der Waals surface area contributed by atoms with E-state index in [2.05, 4.69) is 26.2 Å². The molecule has 0 saturated carbocycles. The standard InChI is InChI=1S/C18H13BrCl2N2O2S/c1-10-17(11-2-4-12(19)5-3-11)23-18(26-10)22-16(24)9-25-15-7-6-13(20)8-14(15)21/h2-8H,9H2,1H3,(H,22,23,24). The predicted molar refractivity (Wildman–Crippen MR) is 111 cm³/mol. The number of hydrogen-bond donors (Lipinski definition) is 1. The van der Waals surface area contributed by atoms with Crippen LogP contribution in [0.3, 0.4) is 0 Å². The van der Waals surface area contributed by atoms with Crippen molar-refractivity contribution in [3.8, 4) is 17.0 Å². The summed E-state index contributed by atoms with van der Waals surface area (Å²) < 4.78 is 6.43. The van der Waals surface area contributed by atoms with Crippen molar-refractivity contribution in [1.82, 2.24) is 4.98 Å². The Kier molecular flexibility index (Phi) is 6.19. The highest BCUT2D eigenvalue weighted by molar-refractivity contribution is 9.10. The Morgan fingerprint density at radius 2 is 1.96 bits per heavy atom. The highest BCUT2D eigenvalue weighted by Gasteiger charge is 2.13. The van der Waals surface area contributed by atoms with E-state index < -0.39 is 0 Å². The summed E-state index contributed by atoms with van der Waals surface area (Å²) in [4.78, 5) is 17.6. The molecule has 0 fully saturated rings. The van der Waals surface area contributed by atoms with E-state index >= 15 is 0 Å². The Morgan fingerprint density at radius 3 is 2.65 bits per heavy atom. The molecule has 0 atom stereocenters. The van der Waals surface area contributed by atoms with Crippen molar-refractivity contribution in [3.63, 3.8) is 0 Å². The molecule has 0 aliphatic rings. The highest BCUT2D eigenvalue weighted by Crippen LogP contribution is 2.31. The van der Waals surface area contributed by atoms with Gasteiger partial charge in [0.1, 0.15) is 5.75 Å². The van der Waals surface area contributed by atoms with Crippen LogP contribution in [0.25, 0.3) is 11.3 Å². The van der Waals surface area contributed by atoms with Crippen LogP contribution < -0.4 is 10.1 Å². The maximum atomic E-state index is 12.1. The number of benzene rings is 2. The Hall–Kier alpha value is -1.60. The third-order valence-corrected chi connectivity index (χ3v) is 5.36. The van der Waals surface area contributed by atoms with Crippen LogP contribution in [0.1, 0.15) is 4.88 Å². The number of ether oxygens (including phenoxy) is 1. The lowest BCUT2D eigenvalue weighted by atomic mass is 10.1. The number of aromatic nitrogens is 1. The Bertz CT molecular complexity index is 945. The zero-order valence-corrected chi connectivity index (χ0v) is 17.5. The minimum absolute atomic E-state index is 0.173. The molecule has 8 heteroatoms. The molecule has 3 aromatic rings. The van der Waals surface area contributed by atoms with Crippen LogP contribution in [-0.4, -0.2) is 17.5 Å². The van der Waals surface area contributed by atoms with Gasteiger partial charge in [0.25, 0.3) is 5.91 Å². The number of carbonyl (C=O) groups is 1. The van der Waals surface area contributed by atoms with E-state index in [1.807, 2.05) is 31.2 Å². The molecule has 0 saturated heterocycles. The summed E-state index contributed by atoms with van der Waals surface area (Å²) in [7, 11) is 0. The van der Waals surface area contributed by atoms with E-state index in [1.165, 1.54) is 11.3 Å². The number of nitrogens with one attached hydrogen (secondary N) is 1. The minimum Gasteiger partial charge on any atom is -0.482 e. The number of amides is 1. The second-order valence-electron chi connectivity index (χ2n) is 5.34. The fourth-order valence-electron chi connectivity index (χ4n) is 2.22. The fraction of sp³-hybridized carbons (Fsp3) is 0.111. The van der Waals surface area contributed by atoms with E-state index in [9.17, 15) is 4.79 Å². The van der Waals surface area contributed by atoms with Gasteiger partial charge in [-0.25, -0.2) is 4.98 Å². The van der Waals surface area contributed by atoms with Gasteiger partial charge in [0.2, 0.25) is 0 Å². The molecule has 0 radical (unpaired) electrons. The zero-order chi connectivity index (χ0) is 18.7. The van der Waals surface area contributed by atoms with Crippen molar-refractivity contribution >= 4 is 61.5 Å². The minimum atomic E-state index is -0.313. The van der Waals surface area contributed by atoms with E-state index in [-0.39, 0.29) is 12.5 Å². The van der Waals surface area contributed by atoms with E-state index in [0.29, 0.717) is 20.9 Å². The second-order valence-corrected chi connectivity index (χ2v) is 8.30. The van der Waals surface area contributed by atoms with Crippen molar-refractivity contribution in [3.05, 3.63) is 61.9 Å². The van der Waals surface area contributed by atoms with E-state index in [4.69, 9.17) is 27.9 Å². The molecule has 3 rings (SSSR count). The van der Waals surface area contributed by atoms with Gasteiger partial charge in [-0.05, 0) is 37.3 Å². The quantitative estimate of drug-likeness (QED) is 0.481. The van der Waals surface area contributed by atoms with Crippen LogP contribution in [0.4, 0.5) is 5.13 Å². The Morgan fingerprint density at radius 1 is 1.23 bits per heavy atom. The van der Waals surface area contributed by atoms with Gasteiger partial charge in [-0.15, -0.1) is 11.3 Å². The molecule has 2 aromatic carbocycles. The van der Waals surface area contributed by atoms with Gasteiger partial charge < -0.3 is 4.74 Å². The molecule has 4 nitrogen and oxygen atoms in total. The molecule has 1 aromatic heterocycles. The van der Waals surface area contributed by atoms with Gasteiger partial charge in [0.05, 0.1) is 10.7 Å². The summed E-state index contributed by atoms with van der Waals surface area (Å²) in [5, 5.41) is 4.13. The third-order valence-electron chi connectivity index (χ3n) is 3.41. The van der Waals surface area contributed by atoms with Crippen molar-refractivity contribution in [2.75, 3.05) is 11.9 Å². The smallest absolute Gasteiger partial charge is 0.264 e.